The number of anilines is 2. The Kier molecular flexibility index (Phi) is 6.75. The standard InChI is InChI=1S/C28H22FN5O2/c29-22-13-11-21(12-14-22)26-25(28(36-34-26)33-24(35)17-19-7-3-1-4-8-19)27-30-16-15-23(32-27)31-18-20-9-5-2-6-10-20/h1-16H,17-18H2,(H,33,35)(H,30,31,32). The molecule has 2 aromatic heterocycles. The Labute approximate surface area is 207 Å². The van der Waals surface area contributed by atoms with Crippen molar-refractivity contribution in [2.45, 2.75) is 13.0 Å². The van der Waals surface area contributed by atoms with Crippen LogP contribution in [0, 0.1) is 5.82 Å². The Morgan fingerprint density at radius 2 is 1.56 bits per heavy atom. The van der Waals surface area contributed by atoms with Crippen LogP contribution in [0.15, 0.2) is 102 Å². The maximum Gasteiger partial charge on any atom is 0.243 e. The fourth-order valence-corrected chi connectivity index (χ4v) is 3.71. The molecule has 8 heteroatoms. The number of hydrogen-bond acceptors (Lipinski definition) is 6. The van der Waals surface area contributed by atoms with Gasteiger partial charge in [0.1, 0.15) is 22.9 Å². The SMILES string of the molecule is O=C(Cc1ccccc1)Nc1onc(-c2ccc(F)cc2)c1-c1nccc(NCc2ccccc2)n1. The molecule has 0 aliphatic rings. The maximum absolute atomic E-state index is 13.6. The summed E-state index contributed by atoms with van der Waals surface area (Å²) < 4.78 is 19.1. The molecule has 0 spiro atoms. The number of carbonyl (C=O) groups excluding carboxylic acids is 1. The Bertz CT molecular complexity index is 1450. The Morgan fingerprint density at radius 1 is 0.861 bits per heavy atom. The number of hydrogen-bond donors (Lipinski definition) is 2. The highest BCUT2D eigenvalue weighted by atomic mass is 19.1. The van der Waals surface area contributed by atoms with Crippen molar-refractivity contribution in [2.75, 3.05) is 10.6 Å². The lowest BCUT2D eigenvalue weighted by Gasteiger charge is -2.09. The number of nitrogens with one attached hydrogen (secondary N) is 2. The molecule has 0 bridgehead atoms. The van der Waals surface area contributed by atoms with Gasteiger partial charge in [-0.3, -0.25) is 10.1 Å². The van der Waals surface area contributed by atoms with E-state index in [0.29, 0.717) is 35.0 Å². The summed E-state index contributed by atoms with van der Waals surface area (Å²) in [6, 6.07) is 26.9. The first-order chi connectivity index (χ1) is 17.7. The number of carbonyl (C=O) groups is 1. The topological polar surface area (TPSA) is 92.9 Å². The number of halogens is 1. The zero-order chi connectivity index (χ0) is 24.7. The van der Waals surface area contributed by atoms with Crippen LogP contribution in [0.1, 0.15) is 11.1 Å². The molecule has 0 unspecified atom stereocenters. The summed E-state index contributed by atoms with van der Waals surface area (Å²) in [4.78, 5) is 21.8. The molecule has 0 saturated heterocycles. The lowest BCUT2D eigenvalue weighted by atomic mass is 10.1. The largest absolute Gasteiger partial charge is 0.366 e. The minimum atomic E-state index is -0.372. The van der Waals surface area contributed by atoms with Crippen molar-refractivity contribution < 1.29 is 13.7 Å². The molecule has 5 rings (SSSR count). The number of amides is 1. The van der Waals surface area contributed by atoms with Gasteiger partial charge in [-0.1, -0.05) is 65.8 Å². The van der Waals surface area contributed by atoms with Crippen LogP contribution in [-0.2, 0) is 17.8 Å². The third kappa shape index (κ3) is 5.44. The molecule has 178 valence electrons. The van der Waals surface area contributed by atoms with Gasteiger partial charge in [0.25, 0.3) is 0 Å². The van der Waals surface area contributed by atoms with Gasteiger partial charge in [-0.05, 0) is 41.5 Å². The van der Waals surface area contributed by atoms with E-state index in [1.165, 1.54) is 12.1 Å². The van der Waals surface area contributed by atoms with Crippen molar-refractivity contribution in [3.05, 3.63) is 114 Å². The van der Waals surface area contributed by atoms with E-state index in [1.807, 2.05) is 60.7 Å². The van der Waals surface area contributed by atoms with E-state index in [4.69, 9.17) is 4.52 Å². The molecule has 2 heterocycles. The van der Waals surface area contributed by atoms with Gasteiger partial charge in [-0.25, -0.2) is 14.4 Å². The number of aromatic nitrogens is 3. The fourth-order valence-electron chi connectivity index (χ4n) is 3.71. The molecule has 0 aliphatic carbocycles. The van der Waals surface area contributed by atoms with E-state index < -0.39 is 0 Å². The van der Waals surface area contributed by atoms with E-state index >= 15 is 0 Å². The highest BCUT2D eigenvalue weighted by Crippen LogP contribution is 2.36. The number of nitrogens with zero attached hydrogens (tertiary/aromatic N) is 3. The molecule has 2 N–H and O–H groups in total. The highest BCUT2D eigenvalue weighted by Gasteiger charge is 2.24. The van der Waals surface area contributed by atoms with Gasteiger partial charge >= 0.3 is 0 Å². The molecule has 36 heavy (non-hydrogen) atoms. The second kappa shape index (κ2) is 10.6. The fraction of sp³-hybridized carbons (Fsp3) is 0.0714. The van der Waals surface area contributed by atoms with E-state index in [0.717, 1.165) is 11.1 Å². The Morgan fingerprint density at radius 3 is 2.28 bits per heavy atom. The Hall–Kier alpha value is -4.85. The van der Waals surface area contributed by atoms with E-state index in [9.17, 15) is 9.18 Å². The average molecular weight is 480 g/mol. The number of benzene rings is 3. The first kappa shape index (κ1) is 22.9. The van der Waals surface area contributed by atoms with Gasteiger partial charge in [0, 0.05) is 18.3 Å². The summed E-state index contributed by atoms with van der Waals surface area (Å²) in [5, 5.41) is 10.2. The monoisotopic (exact) mass is 479 g/mol. The predicted molar refractivity (Wildman–Crippen MR) is 135 cm³/mol. The quantitative estimate of drug-likeness (QED) is 0.295. The molecule has 0 fully saturated rings. The van der Waals surface area contributed by atoms with Gasteiger partial charge in [-0.15, -0.1) is 0 Å². The van der Waals surface area contributed by atoms with Gasteiger partial charge in [0.05, 0.1) is 6.42 Å². The molecule has 3 aromatic carbocycles. The molecular weight excluding hydrogens is 457 g/mol. The molecule has 5 aromatic rings. The van der Waals surface area contributed by atoms with Crippen molar-refractivity contribution in [2.24, 2.45) is 0 Å². The minimum Gasteiger partial charge on any atom is -0.366 e. The summed E-state index contributed by atoms with van der Waals surface area (Å²) in [6.45, 7) is 0.576. The van der Waals surface area contributed by atoms with Crippen molar-refractivity contribution in [1.82, 2.24) is 15.1 Å². The first-order valence-electron chi connectivity index (χ1n) is 11.4. The summed E-state index contributed by atoms with van der Waals surface area (Å²) in [5.74, 6) is 0.377. The van der Waals surface area contributed by atoms with Gasteiger partial charge in [0.15, 0.2) is 5.82 Å². The highest BCUT2D eigenvalue weighted by molar-refractivity contribution is 5.97. The van der Waals surface area contributed by atoms with Crippen LogP contribution in [0.25, 0.3) is 22.6 Å². The lowest BCUT2D eigenvalue weighted by Crippen LogP contribution is -2.14. The number of rotatable bonds is 8. The molecule has 0 atom stereocenters. The lowest BCUT2D eigenvalue weighted by molar-refractivity contribution is -0.115. The van der Waals surface area contributed by atoms with Crippen LogP contribution < -0.4 is 10.6 Å². The van der Waals surface area contributed by atoms with E-state index in [-0.39, 0.29) is 24.0 Å². The van der Waals surface area contributed by atoms with Crippen LogP contribution in [0.5, 0.6) is 0 Å². The minimum absolute atomic E-state index is 0.121. The molecule has 1 amide bonds. The van der Waals surface area contributed by atoms with Crippen molar-refractivity contribution >= 4 is 17.6 Å². The summed E-state index contributed by atoms with van der Waals surface area (Å²) >= 11 is 0. The Balaban J connectivity index is 1.46. The molecule has 7 nitrogen and oxygen atoms in total. The van der Waals surface area contributed by atoms with Crippen LogP contribution >= 0.6 is 0 Å². The maximum atomic E-state index is 13.6. The van der Waals surface area contributed by atoms with Crippen molar-refractivity contribution in [3.8, 4) is 22.6 Å². The zero-order valence-corrected chi connectivity index (χ0v) is 19.2. The molecule has 0 aliphatic heterocycles. The zero-order valence-electron chi connectivity index (χ0n) is 19.2. The van der Waals surface area contributed by atoms with Crippen molar-refractivity contribution in [1.29, 1.82) is 0 Å². The van der Waals surface area contributed by atoms with Crippen LogP contribution in [0.4, 0.5) is 16.1 Å². The van der Waals surface area contributed by atoms with Gasteiger partial charge in [0.2, 0.25) is 11.8 Å². The normalized spacial score (nSPS) is 10.7. The molecular formula is C28H22FN5O2. The van der Waals surface area contributed by atoms with Crippen LogP contribution in [0.2, 0.25) is 0 Å². The smallest absolute Gasteiger partial charge is 0.243 e. The summed E-state index contributed by atoms with van der Waals surface area (Å²) in [6.07, 6.45) is 1.78. The second-order valence-corrected chi connectivity index (χ2v) is 8.06. The van der Waals surface area contributed by atoms with Crippen LogP contribution in [0.3, 0.4) is 0 Å². The first-order valence-corrected chi connectivity index (χ1v) is 11.4. The summed E-state index contributed by atoms with van der Waals surface area (Å²) in [7, 11) is 0. The summed E-state index contributed by atoms with van der Waals surface area (Å²) in [5.41, 5.74) is 3.36. The second-order valence-electron chi connectivity index (χ2n) is 8.06. The van der Waals surface area contributed by atoms with Gasteiger partial charge < -0.3 is 9.84 Å². The molecule has 0 radical (unpaired) electrons. The van der Waals surface area contributed by atoms with E-state index in [1.54, 1.807) is 24.4 Å². The van der Waals surface area contributed by atoms with E-state index in [2.05, 4.69) is 25.8 Å². The average Bonchev–Trinajstić information content (AvgIpc) is 3.32. The third-order valence-corrected chi connectivity index (χ3v) is 5.47. The third-order valence-electron chi connectivity index (χ3n) is 5.47. The van der Waals surface area contributed by atoms with Crippen molar-refractivity contribution in [3.63, 3.8) is 0 Å². The van der Waals surface area contributed by atoms with Gasteiger partial charge in [-0.2, -0.15) is 0 Å². The van der Waals surface area contributed by atoms with Crippen LogP contribution in [-0.4, -0.2) is 21.0 Å². The molecule has 0 saturated carbocycles. The predicted octanol–water partition coefficient (Wildman–Crippen LogP) is 5.73.